The van der Waals surface area contributed by atoms with E-state index in [0.29, 0.717) is 11.4 Å². The molecule has 0 saturated carbocycles. The number of thiocarbonyl (C=S) groups is 1. The number of hydrogen-bond acceptors (Lipinski definition) is 4. The van der Waals surface area contributed by atoms with Gasteiger partial charge in [0.05, 0.1) is 5.69 Å². The molecule has 1 aromatic heterocycles. The number of amides is 2. The minimum atomic E-state index is -0.549. The number of rotatable bonds is 3. The van der Waals surface area contributed by atoms with E-state index in [1.807, 2.05) is 10.6 Å². The topological polar surface area (TPSA) is 74.6 Å². The Morgan fingerprint density at radius 3 is 2.31 bits per heavy atom. The zero-order valence-corrected chi connectivity index (χ0v) is 17.3. The summed E-state index contributed by atoms with van der Waals surface area (Å²) in [5, 5.41) is 12.1. The van der Waals surface area contributed by atoms with E-state index < -0.39 is 11.8 Å². The van der Waals surface area contributed by atoms with Gasteiger partial charge in [0.15, 0.2) is 5.11 Å². The molecule has 8 heteroatoms. The van der Waals surface area contributed by atoms with Crippen LogP contribution >= 0.6 is 28.1 Å². The van der Waals surface area contributed by atoms with Gasteiger partial charge in [0.25, 0.3) is 11.8 Å². The van der Waals surface area contributed by atoms with Crippen LogP contribution in [0.2, 0.25) is 0 Å². The van der Waals surface area contributed by atoms with Crippen molar-refractivity contribution in [3.05, 3.63) is 82.6 Å². The average Bonchev–Trinajstić information content (AvgIpc) is 3.15. The molecule has 4 rings (SSSR count). The molecule has 0 unspecified atom stereocenters. The minimum absolute atomic E-state index is 0.0275. The van der Waals surface area contributed by atoms with E-state index in [0.717, 1.165) is 10.2 Å². The summed E-state index contributed by atoms with van der Waals surface area (Å²) in [5.74, 6) is -0.896. The van der Waals surface area contributed by atoms with E-state index in [4.69, 9.17) is 12.2 Å². The first-order valence-corrected chi connectivity index (χ1v) is 9.78. The largest absolute Gasteiger partial charge is 0.508 e. The fraction of sp³-hybridized carbons (Fsp3) is 0. The standard InChI is InChI=1S/C21H14BrN3O3S/c22-13-3-5-15(6-4-13)25-20(28)18(19(27)23-21(25)29)12-16-2-1-11-24(16)14-7-9-17(26)10-8-14/h1-12,26H,(H,23,27,29)/b18-12-. The fourth-order valence-corrected chi connectivity index (χ4v) is 3.54. The van der Waals surface area contributed by atoms with E-state index in [9.17, 15) is 14.7 Å². The van der Waals surface area contributed by atoms with Crippen LogP contribution in [0.5, 0.6) is 5.75 Å². The summed E-state index contributed by atoms with van der Waals surface area (Å²) in [4.78, 5) is 26.9. The van der Waals surface area contributed by atoms with Crippen molar-refractivity contribution in [1.29, 1.82) is 0 Å². The van der Waals surface area contributed by atoms with Gasteiger partial charge in [0.2, 0.25) is 0 Å². The third-order valence-electron chi connectivity index (χ3n) is 4.39. The van der Waals surface area contributed by atoms with E-state index in [2.05, 4.69) is 21.2 Å². The number of carbonyl (C=O) groups is 2. The second-order valence-electron chi connectivity index (χ2n) is 6.25. The molecule has 2 heterocycles. The van der Waals surface area contributed by atoms with Gasteiger partial charge in [-0.25, -0.2) is 0 Å². The molecular formula is C21H14BrN3O3S. The lowest BCUT2D eigenvalue weighted by molar-refractivity contribution is -0.122. The average molecular weight is 468 g/mol. The SMILES string of the molecule is O=C1NC(=S)N(c2ccc(Br)cc2)C(=O)/C1=C\c1cccn1-c1ccc(O)cc1. The van der Waals surface area contributed by atoms with Crippen molar-refractivity contribution in [3.8, 4) is 11.4 Å². The zero-order chi connectivity index (χ0) is 20.5. The van der Waals surface area contributed by atoms with E-state index in [1.165, 1.54) is 11.0 Å². The Morgan fingerprint density at radius 1 is 0.966 bits per heavy atom. The van der Waals surface area contributed by atoms with Crippen LogP contribution in [-0.2, 0) is 9.59 Å². The number of nitrogens with one attached hydrogen (secondary N) is 1. The lowest BCUT2D eigenvalue weighted by Crippen LogP contribution is -2.54. The lowest BCUT2D eigenvalue weighted by Gasteiger charge is -2.29. The molecule has 0 bridgehead atoms. The third-order valence-corrected chi connectivity index (χ3v) is 5.20. The second-order valence-corrected chi connectivity index (χ2v) is 7.56. The molecule has 2 amide bonds. The number of aromatic hydroxyl groups is 1. The van der Waals surface area contributed by atoms with Crippen LogP contribution in [-0.4, -0.2) is 26.6 Å². The van der Waals surface area contributed by atoms with Gasteiger partial charge in [0.1, 0.15) is 11.3 Å². The van der Waals surface area contributed by atoms with Crippen LogP contribution < -0.4 is 10.2 Å². The second kappa shape index (κ2) is 7.65. The fourth-order valence-electron chi connectivity index (χ4n) is 2.99. The number of halogens is 1. The molecule has 1 aliphatic heterocycles. The first-order valence-electron chi connectivity index (χ1n) is 8.58. The number of benzene rings is 2. The molecule has 2 N–H and O–H groups in total. The maximum atomic E-state index is 13.1. The van der Waals surface area contributed by atoms with Gasteiger partial charge in [-0.15, -0.1) is 0 Å². The molecule has 0 aliphatic carbocycles. The van der Waals surface area contributed by atoms with Crippen molar-refractivity contribution in [2.45, 2.75) is 0 Å². The highest BCUT2D eigenvalue weighted by Crippen LogP contribution is 2.25. The molecule has 3 aromatic rings. The predicted octanol–water partition coefficient (Wildman–Crippen LogP) is 3.78. The van der Waals surface area contributed by atoms with Crippen molar-refractivity contribution in [1.82, 2.24) is 9.88 Å². The Hall–Kier alpha value is -3.23. The van der Waals surface area contributed by atoms with Crippen LogP contribution in [0.4, 0.5) is 5.69 Å². The normalized spacial score (nSPS) is 15.7. The summed E-state index contributed by atoms with van der Waals surface area (Å²) in [7, 11) is 0. The Bertz CT molecular complexity index is 1150. The van der Waals surface area contributed by atoms with Crippen LogP contribution in [0.15, 0.2) is 76.9 Å². The van der Waals surface area contributed by atoms with Gasteiger partial charge in [-0.05, 0) is 79.0 Å². The van der Waals surface area contributed by atoms with Crippen LogP contribution in [0.25, 0.3) is 11.8 Å². The van der Waals surface area contributed by atoms with E-state index >= 15 is 0 Å². The van der Waals surface area contributed by atoms with E-state index in [1.54, 1.807) is 60.8 Å². The first-order chi connectivity index (χ1) is 13.9. The number of carbonyl (C=O) groups excluding carboxylic acids is 2. The molecule has 2 aromatic carbocycles. The van der Waals surface area contributed by atoms with Gasteiger partial charge >= 0.3 is 0 Å². The Labute approximate surface area is 180 Å². The molecule has 0 atom stereocenters. The minimum Gasteiger partial charge on any atom is -0.508 e. The van der Waals surface area contributed by atoms with Gasteiger partial charge in [-0.1, -0.05) is 15.9 Å². The van der Waals surface area contributed by atoms with E-state index in [-0.39, 0.29) is 16.4 Å². The molecular weight excluding hydrogens is 454 g/mol. The summed E-state index contributed by atoms with van der Waals surface area (Å²) in [6, 6.07) is 17.3. The Kier molecular flexibility index (Phi) is 5.04. The summed E-state index contributed by atoms with van der Waals surface area (Å²) >= 11 is 8.58. The predicted molar refractivity (Wildman–Crippen MR) is 118 cm³/mol. The summed E-state index contributed by atoms with van der Waals surface area (Å²) in [5.41, 5.74) is 1.95. The maximum absolute atomic E-state index is 13.1. The number of phenolic OH excluding ortho intramolecular Hbond substituents is 1. The van der Waals surface area contributed by atoms with Gasteiger partial charge in [0, 0.05) is 22.1 Å². The number of phenols is 1. The summed E-state index contributed by atoms with van der Waals surface area (Å²) < 4.78 is 2.67. The van der Waals surface area contributed by atoms with Crippen molar-refractivity contribution in [2.24, 2.45) is 0 Å². The number of nitrogens with zero attached hydrogens (tertiary/aromatic N) is 2. The number of hydrogen-bond donors (Lipinski definition) is 2. The molecule has 1 aliphatic rings. The van der Waals surface area contributed by atoms with Crippen LogP contribution in [0.3, 0.4) is 0 Å². The summed E-state index contributed by atoms with van der Waals surface area (Å²) in [6.07, 6.45) is 3.33. The highest BCUT2D eigenvalue weighted by molar-refractivity contribution is 9.10. The molecule has 1 saturated heterocycles. The van der Waals surface area contributed by atoms with Crippen molar-refractivity contribution < 1.29 is 14.7 Å². The van der Waals surface area contributed by atoms with Gasteiger partial charge in [-0.3, -0.25) is 19.8 Å². The quantitative estimate of drug-likeness (QED) is 0.349. The number of aromatic nitrogens is 1. The Balaban J connectivity index is 1.73. The van der Waals surface area contributed by atoms with Crippen molar-refractivity contribution in [3.63, 3.8) is 0 Å². The maximum Gasteiger partial charge on any atom is 0.270 e. The molecule has 0 radical (unpaired) electrons. The molecule has 6 nitrogen and oxygen atoms in total. The van der Waals surface area contributed by atoms with Gasteiger partial charge < -0.3 is 9.67 Å². The third kappa shape index (κ3) is 3.72. The Morgan fingerprint density at radius 2 is 1.62 bits per heavy atom. The molecule has 0 spiro atoms. The first kappa shape index (κ1) is 19.1. The monoisotopic (exact) mass is 467 g/mol. The lowest BCUT2D eigenvalue weighted by atomic mass is 10.1. The zero-order valence-electron chi connectivity index (χ0n) is 14.9. The van der Waals surface area contributed by atoms with Crippen LogP contribution in [0, 0.1) is 0 Å². The molecule has 144 valence electrons. The number of anilines is 1. The van der Waals surface area contributed by atoms with Crippen molar-refractivity contribution >= 4 is 56.8 Å². The van der Waals surface area contributed by atoms with Crippen molar-refractivity contribution in [2.75, 3.05) is 4.90 Å². The van der Waals surface area contributed by atoms with Gasteiger partial charge in [-0.2, -0.15) is 0 Å². The molecule has 1 fully saturated rings. The highest BCUT2D eigenvalue weighted by atomic mass is 79.9. The summed E-state index contributed by atoms with van der Waals surface area (Å²) in [6.45, 7) is 0. The molecule has 29 heavy (non-hydrogen) atoms. The van der Waals surface area contributed by atoms with Crippen LogP contribution in [0.1, 0.15) is 5.69 Å². The highest BCUT2D eigenvalue weighted by Gasteiger charge is 2.34. The smallest absolute Gasteiger partial charge is 0.270 e.